The van der Waals surface area contributed by atoms with Gasteiger partial charge in [0.2, 0.25) is 0 Å². The van der Waals surface area contributed by atoms with E-state index in [4.69, 9.17) is 5.73 Å². The maximum atomic E-state index is 12.0. The third kappa shape index (κ3) is 2.12. The van der Waals surface area contributed by atoms with Gasteiger partial charge >= 0.3 is 0 Å². The van der Waals surface area contributed by atoms with Gasteiger partial charge in [0.05, 0.1) is 6.54 Å². The molecule has 0 amide bonds. The second-order valence-corrected chi connectivity index (χ2v) is 3.14. The Bertz CT molecular complexity index is 435. The number of anilines is 1. The molecule has 2 N–H and O–H groups in total. The molecule has 2 aromatic rings. The Labute approximate surface area is 86.6 Å². The van der Waals surface area contributed by atoms with E-state index in [0.717, 1.165) is 5.56 Å². The van der Waals surface area contributed by atoms with Crippen LogP contribution >= 0.6 is 0 Å². The molecule has 4 nitrogen and oxygen atoms in total. The quantitative estimate of drug-likeness (QED) is 0.774. The van der Waals surface area contributed by atoms with Crippen LogP contribution in [0.15, 0.2) is 30.6 Å². The predicted molar refractivity (Wildman–Crippen MR) is 55.8 cm³/mol. The number of hydrogen-bond acceptors (Lipinski definition) is 3. The van der Waals surface area contributed by atoms with Gasteiger partial charge < -0.3 is 5.73 Å². The predicted octanol–water partition coefficient (Wildman–Crippen LogP) is 1.50. The largest absolute Gasteiger partial charge is 0.399 e. The van der Waals surface area contributed by atoms with Crippen LogP contribution in [-0.4, -0.2) is 21.4 Å². The van der Waals surface area contributed by atoms with Crippen molar-refractivity contribution >= 4 is 5.69 Å². The summed E-state index contributed by atoms with van der Waals surface area (Å²) in [5.74, 6) is 0.587. The first-order valence-corrected chi connectivity index (χ1v) is 4.61. The van der Waals surface area contributed by atoms with Gasteiger partial charge in [0.1, 0.15) is 13.0 Å². The molecule has 1 aromatic heterocycles. The zero-order valence-corrected chi connectivity index (χ0v) is 8.10. The molecule has 0 radical (unpaired) electrons. The highest BCUT2D eigenvalue weighted by atomic mass is 19.1. The number of aryl methyl sites for hydroxylation is 1. The summed E-state index contributed by atoms with van der Waals surface area (Å²) in [6, 6.07) is 7.24. The molecule has 0 fully saturated rings. The van der Waals surface area contributed by atoms with Gasteiger partial charge in [-0.05, 0) is 24.3 Å². The number of nitrogens with zero attached hydrogens (tertiary/aromatic N) is 3. The summed E-state index contributed by atoms with van der Waals surface area (Å²) >= 11 is 0. The van der Waals surface area contributed by atoms with Crippen molar-refractivity contribution in [3.63, 3.8) is 0 Å². The molecule has 0 saturated heterocycles. The van der Waals surface area contributed by atoms with Gasteiger partial charge in [-0.3, -0.25) is 0 Å². The second-order valence-electron chi connectivity index (χ2n) is 3.14. The second kappa shape index (κ2) is 4.08. The molecule has 0 aliphatic rings. The summed E-state index contributed by atoms with van der Waals surface area (Å²) in [7, 11) is 0. The van der Waals surface area contributed by atoms with Gasteiger partial charge in [0, 0.05) is 11.3 Å². The van der Waals surface area contributed by atoms with Crippen LogP contribution in [0.1, 0.15) is 0 Å². The first kappa shape index (κ1) is 9.64. The Morgan fingerprint density at radius 3 is 2.67 bits per heavy atom. The lowest BCUT2D eigenvalue weighted by molar-refractivity contribution is 0.427. The fraction of sp³-hybridized carbons (Fsp3) is 0.200. The van der Waals surface area contributed by atoms with E-state index < -0.39 is 6.67 Å². The minimum Gasteiger partial charge on any atom is -0.399 e. The minimum absolute atomic E-state index is 0.238. The van der Waals surface area contributed by atoms with E-state index in [0.29, 0.717) is 11.5 Å². The fourth-order valence-corrected chi connectivity index (χ4v) is 1.25. The molecule has 0 unspecified atom stereocenters. The molecule has 1 aromatic carbocycles. The van der Waals surface area contributed by atoms with Crippen molar-refractivity contribution in [2.24, 2.45) is 0 Å². The van der Waals surface area contributed by atoms with Crippen molar-refractivity contribution in [1.29, 1.82) is 0 Å². The monoisotopic (exact) mass is 206 g/mol. The summed E-state index contributed by atoms with van der Waals surface area (Å²) in [6.07, 6.45) is 1.52. The molecule has 2 rings (SSSR count). The molecule has 15 heavy (non-hydrogen) atoms. The van der Waals surface area contributed by atoms with Crippen LogP contribution in [0.5, 0.6) is 0 Å². The molecule has 0 spiro atoms. The summed E-state index contributed by atoms with van der Waals surface area (Å²) in [4.78, 5) is 4.08. The first-order valence-electron chi connectivity index (χ1n) is 4.61. The number of alkyl halides is 1. The van der Waals surface area contributed by atoms with Gasteiger partial charge in [-0.2, -0.15) is 5.10 Å². The lowest BCUT2D eigenvalue weighted by Gasteiger charge is -1.96. The minimum atomic E-state index is -0.440. The summed E-state index contributed by atoms with van der Waals surface area (Å²) in [5.41, 5.74) is 7.13. The van der Waals surface area contributed by atoms with E-state index in [9.17, 15) is 4.39 Å². The first-order chi connectivity index (χ1) is 7.29. The molecule has 0 saturated carbocycles. The van der Waals surface area contributed by atoms with Crippen molar-refractivity contribution in [2.45, 2.75) is 6.54 Å². The number of nitrogens with two attached hydrogens (primary N) is 1. The number of halogens is 1. The normalized spacial score (nSPS) is 10.5. The Kier molecular flexibility index (Phi) is 2.62. The fourth-order valence-electron chi connectivity index (χ4n) is 1.25. The van der Waals surface area contributed by atoms with Gasteiger partial charge in [-0.1, -0.05) is 0 Å². The third-order valence-electron chi connectivity index (χ3n) is 2.02. The molecule has 0 bridgehead atoms. The van der Waals surface area contributed by atoms with E-state index in [1.807, 2.05) is 12.1 Å². The highest BCUT2D eigenvalue weighted by Crippen LogP contribution is 2.15. The highest BCUT2D eigenvalue weighted by molar-refractivity contribution is 5.57. The topological polar surface area (TPSA) is 56.7 Å². The molecule has 1 heterocycles. The van der Waals surface area contributed by atoms with E-state index >= 15 is 0 Å². The molecular formula is C10H11FN4. The summed E-state index contributed by atoms with van der Waals surface area (Å²) < 4.78 is 13.5. The van der Waals surface area contributed by atoms with E-state index in [1.165, 1.54) is 11.0 Å². The molecule has 0 aliphatic carbocycles. The SMILES string of the molecule is Nc1ccc(-c2ncn(CCF)n2)cc1. The number of aromatic nitrogens is 3. The third-order valence-corrected chi connectivity index (χ3v) is 2.02. The number of rotatable bonds is 3. The maximum Gasteiger partial charge on any atom is 0.181 e. The van der Waals surface area contributed by atoms with Crippen LogP contribution in [0.3, 0.4) is 0 Å². The smallest absolute Gasteiger partial charge is 0.181 e. The zero-order valence-electron chi connectivity index (χ0n) is 8.10. The van der Waals surface area contributed by atoms with Crippen molar-refractivity contribution < 1.29 is 4.39 Å². The molecular weight excluding hydrogens is 195 g/mol. The van der Waals surface area contributed by atoms with E-state index in [-0.39, 0.29) is 6.54 Å². The Morgan fingerprint density at radius 1 is 1.27 bits per heavy atom. The van der Waals surface area contributed by atoms with Gasteiger partial charge in [0.15, 0.2) is 5.82 Å². The average molecular weight is 206 g/mol. The molecule has 78 valence electrons. The lowest BCUT2D eigenvalue weighted by atomic mass is 10.2. The number of hydrogen-bond donors (Lipinski definition) is 1. The molecule has 0 atom stereocenters. The van der Waals surface area contributed by atoms with Crippen LogP contribution in [-0.2, 0) is 6.54 Å². The van der Waals surface area contributed by atoms with Crippen molar-refractivity contribution in [3.8, 4) is 11.4 Å². The van der Waals surface area contributed by atoms with Crippen LogP contribution in [0, 0.1) is 0 Å². The van der Waals surface area contributed by atoms with Gasteiger partial charge in [0.25, 0.3) is 0 Å². The van der Waals surface area contributed by atoms with Crippen molar-refractivity contribution in [3.05, 3.63) is 30.6 Å². The Balaban J connectivity index is 2.25. The lowest BCUT2D eigenvalue weighted by Crippen LogP contribution is -1.99. The summed E-state index contributed by atoms with van der Waals surface area (Å²) in [5, 5.41) is 4.12. The van der Waals surface area contributed by atoms with Crippen LogP contribution in [0.4, 0.5) is 10.1 Å². The average Bonchev–Trinajstić information content (AvgIpc) is 2.68. The summed E-state index contributed by atoms with van der Waals surface area (Å²) in [6.45, 7) is -0.202. The zero-order chi connectivity index (χ0) is 10.7. The number of nitrogen functional groups attached to an aromatic ring is 1. The standard InChI is InChI=1S/C10H11FN4/c11-5-6-15-7-13-10(14-15)8-1-3-9(12)4-2-8/h1-4,7H,5-6,12H2. The van der Waals surface area contributed by atoms with Crippen LogP contribution in [0.2, 0.25) is 0 Å². The van der Waals surface area contributed by atoms with Gasteiger partial charge in [-0.25, -0.2) is 14.1 Å². The van der Waals surface area contributed by atoms with Gasteiger partial charge in [-0.15, -0.1) is 0 Å². The maximum absolute atomic E-state index is 12.0. The van der Waals surface area contributed by atoms with Crippen LogP contribution < -0.4 is 5.73 Å². The van der Waals surface area contributed by atoms with Crippen molar-refractivity contribution in [1.82, 2.24) is 14.8 Å². The van der Waals surface area contributed by atoms with E-state index in [2.05, 4.69) is 10.1 Å². The van der Waals surface area contributed by atoms with Crippen LogP contribution in [0.25, 0.3) is 11.4 Å². The molecule has 0 aliphatic heterocycles. The Hall–Kier alpha value is -1.91. The molecule has 5 heteroatoms. The Morgan fingerprint density at radius 2 is 2.00 bits per heavy atom. The van der Waals surface area contributed by atoms with E-state index in [1.54, 1.807) is 12.1 Å². The highest BCUT2D eigenvalue weighted by Gasteiger charge is 2.03. The van der Waals surface area contributed by atoms with Crippen molar-refractivity contribution in [2.75, 3.05) is 12.4 Å². The number of benzene rings is 1.